The summed E-state index contributed by atoms with van der Waals surface area (Å²) in [5.74, 6) is -0.638. The first kappa shape index (κ1) is 28.4. The molecule has 0 saturated carbocycles. The van der Waals surface area contributed by atoms with Gasteiger partial charge in [0.1, 0.15) is 25.1 Å². The molecular formula is C25H32FN3O7S. The van der Waals surface area contributed by atoms with E-state index in [1.54, 1.807) is 0 Å². The maximum absolute atomic E-state index is 13.4. The van der Waals surface area contributed by atoms with E-state index in [0.29, 0.717) is 0 Å². The van der Waals surface area contributed by atoms with E-state index in [9.17, 15) is 27.5 Å². The van der Waals surface area contributed by atoms with E-state index in [0.717, 1.165) is 22.0 Å². The van der Waals surface area contributed by atoms with E-state index in [4.69, 9.17) is 9.47 Å². The number of aliphatic hydroxyl groups is 1. The number of nitrogens with zero attached hydrogens (tertiary/aromatic N) is 1. The molecule has 37 heavy (non-hydrogen) atoms. The second-order valence-electron chi connectivity index (χ2n) is 9.22. The number of hydrogen-bond donors (Lipinski definition) is 3. The summed E-state index contributed by atoms with van der Waals surface area (Å²) in [5.41, 5.74) is 0.806. The van der Waals surface area contributed by atoms with Crippen molar-refractivity contribution in [2.75, 3.05) is 26.3 Å². The molecule has 1 aliphatic heterocycles. The standard InChI is InChI=1S/C25H32FN3O7S/c1-17(2)13-29(37(33,34)21-10-8-19(26)9-11-21)14-23(30)22(12-18-6-4-3-5-7-18)28-25(32)36-16-20-15-35-24(31)27-20/h3-11,17,20,22-23,30H,12-16H2,1-2H3,(H,27,31)(H,28,32)/t20-,22-,23+/m0/s1. The Hall–Kier alpha value is -3.22. The molecule has 3 atom stereocenters. The SMILES string of the molecule is CC(C)CN(C[C@@H](O)[C@H](Cc1ccccc1)NC(=O)OC[C@@H]1COC(=O)N1)S(=O)(=O)c1ccc(F)cc1. The molecule has 202 valence electrons. The number of alkyl carbamates (subject to hydrolysis) is 2. The zero-order valence-corrected chi connectivity index (χ0v) is 21.5. The Kier molecular flexibility index (Phi) is 9.84. The Balaban J connectivity index is 1.76. The average Bonchev–Trinajstić information content (AvgIpc) is 3.27. The maximum Gasteiger partial charge on any atom is 0.407 e. The molecule has 3 rings (SSSR count). The van der Waals surface area contributed by atoms with Crippen molar-refractivity contribution >= 4 is 22.2 Å². The van der Waals surface area contributed by atoms with Crippen LogP contribution in [0, 0.1) is 11.7 Å². The highest BCUT2D eigenvalue weighted by atomic mass is 32.2. The van der Waals surface area contributed by atoms with Crippen LogP contribution in [0.15, 0.2) is 59.5 Å². The zero-order chi connectivity index (χ0) is 27.0. The summed E-state index contributed by atoms with van der Waals surface area (Å²) >= 11 is 0. The number of carbonyl (C=O) groups excluding carboxylic acids is 2. The molecule has 0 spiro atoms. The number of amides is 2. The minimum atomic E-state index is -4.06. The second-order valence-corrected chi connectivity index (χ2v) is 11.2. The van der Waals surface area contributed by atoms with Gasteiger partial charge in [-0.05, 0) is 42.2 Å². The van der Waals surface area contributed by atoms with Crippen LogP contribution in [0.1, 0.15) is 19.4 Å². The lowest BCUT2D eigenvalue weighted by molar-refractivity contribution is 0.0863. The topological polar surface area (TPSA) is 134 Å². The summed E-state index contributed by atoms with van der Waals surface area (Å²) in [6.07, 6.45) is -2.54. The van der Waals surface area contributed by atoms with Gasteiger partial charge < -0.3 is 25.2 Å². The molecule has 0 aromatic heterocycles. The number of carbonyl (C=O) groups is 2. The summed E-state index contributed by atoms with van der Waals surface area (Å²) in [6, 6.07) is 12.2. The Morgan fingerprint density at radius 1 is 1.19 bits per heavy atom. The van der Waals surface area contributed by atoms with Crippen LogP contribution in [0.4, 0.5) is 14.0 Å². The van der Waals surface area contributed by atoms with Crippen LogP contribution in [0.25, 0.3) is 0 Å². The number of ether oxygens (including phenoxy) is 2. The molecule has 0 unspecified atom stereocenters. The third-order valence-electron chi connectivity index (χ3n) is 5.63. The molecule has 2 aromatic rings. The molecule has 0 bridgehead atoms. The summed E-state index contributed by atoms with van der Waals surface area (Å²) in [6.45, 7) is 3.38. The van der Waals surface area contributed by atoms with Gasteiger partial charge in [0.25, 0.3) is 0 Å². The van der Waals surface area contributed by atoms with Crippen molar-refractivity contribution in [3.63, 3.8) is 0 Å². The minimum absolute atomic E-state index is 0.0631. The maximum atomic E-state index is 13.4. The number of halogens is 1. The van der Waals surface area contributed by atoms with Crippen molar-refractivity contribution in [1.29, 1.82) is 0 Å². The first-order valence-electron chi connectivity index (χ1n) is 11.9. The number of nitrogens with one attached hydrogen (secondary N) is 2. The van der Waals surface area contributed by atoms with Gasteiger partial charge in [-0.3, -0.25) is 0 Å². The Bertz CT molecular complexity index is 1150. The van der Waals surface area contributed by atoms with Crippen LogP contribution < -0.4 is 10.6 Å². The van der Waals surface area contributed by atoms with E-state index in [1.807, 2.05) is 44.2 Å². The minimum Gasteiger partial charge on any atom is -0.447 e. The Morgan fingerprint density at radius 2 is 1.86 bits per heavy atom. The summed E-state index contributed by atoms with van der Waals surface area (Å²) in [7, 11) is -4.06. The number of hydrogen-bond acceptors (Lipinski definition) is 7. The number of benzene rings is 2. The lowest BCUT2D eigenvalue weighted by Gasteiger charge is -2.30. The molecule has 10 nitrogen and oxygen atoms in total. The second kappa shape index (κ2) is 12.8. The molecule has 0 aliphatic carbocycles. The van der Waals surface area contributed by atoms with E-state index in [-0.39, 0.29) is 43.5 Å². The molecule has 12 heteroatoms. The van der Waals surface area contributed by atoms with Crippen LogP contribution >= 0.6 is 0 Å². The normalized spacial score (nSPS) is 17.2. The van der Waals surface area contributed by atoms with Gasteiger partial charge in [0, 0.05) is 13.1 Å². The number of sulfonamides is 1. The molecule has 1 saturated heterocycles. The third kappa shape index (κ3) is 8.41. The Morgan fingerprint density at radius 3 is 2.46 bits per heavy atom. The zero-order valence-electron chi connectivity index (χ0n) is 20.7. The predicted molar refractivity (Wildman–Crippen MR) is 133 cm³/mol. The first-order chi connectivity index (χ1) is 17.5. The third-order valence-corrected chi connectivity index (χ3v) is 7.48. The highest BCUT2D eigenvalue weighted by molar-refractivity contribution is 7.89. The van der Waals surface area contributed by atoms with Crippen LogP contribution in [0.5, 0.6) is 0 Å². The fourth-order valence-corrected chi connectivity index (χ4v) is 5.43. The highest BCUT2D eigenvalue weighted by Gasteiger charge is 2.32. The van der Waals surface area contributed by atoms with Gasteiger partial charge in [0.15, 0.2) is 0 Å². The van der Waals surface area contributed by atoms with Crippen molar-refractivity contribution in [3.05, 3.63) is 66.0 Å². The molecule has 1 heterocycles. The smallest absolute Gasteiger partial charge is 0.407 e. The van der Waals surface area contributed by atoms with Gasteiger partial charge >= 0.3 is 12.2 Å². The van der Waals surface area contributed by atoms with Crippen molar-refractivity contribution in [2.45, 2.75) is 43.4 Å². The van der Waals surface area contributed by atoms with Gasteiger partial charge in [-0.2, -0.15) is 4.31 Å². The molecule has 2 aromatic carbocycles. The van der Waals surface area contributed by atoms with E-state index < -0.39 is 46.2 Å². The van der Waals surface area contributed by atoms with Gasteiger partial charge in [0.05, 0.1) is 17.0 Å². The average molecular weight is 538 g/mol. The van der Waals surface area contributed by atoms with E-state index in [2.05, 4.69) is 10.6 Å². The summed E-state index contributed by atoms with van der Waals surface area (Å²) < 4.78 is 51.1. The Labute approximate surface area is 215 Å². The van der Waals surface area contributed by atoms with Gasteiger partial charge in [-0.1, -0.05) is 44.2 Å². The molecule has 3 N–H and O–H groups in total. The van der Waals surface area contributed by atoms with Crippen molar-refractivity contribution in [3.8, 4) is 0 Å². The molecular weight excluding hydrogens is 505 g/mol. The van der Waals surface area contributed by atoms with Gasteiger partial charge in [-0.25, -0.2) is 22.4 Å². The first-order valence-corrected chi connectivity index (χ1v) is 13.3. The molecule has 2 amide bonds. The number of aliphatic hydroxyl groups excluding tert-OH is 1. The van der Waals surface area contributed by atoms with Crippen molar-refractivity contribution in [1.82, 2.24) is 14.9 Å². The van der Waals surface area contributed by atoms with Crippen LogP contribution in [0.3, 0.4) is 0 Å². The van der Waals surface area contributed by atoms with E-state index in [1.165, 1.54) is 12.1 Å². The number of rotatable bonds is 12. The monoisotopic (exact) mass is 537 g/mol. The molecule has 1 fully saturated rings. The predicted octanol–water partition coefficient (Wildman–Crippen LogP) is 2.28. The molecule has 0 radical (unpaired) electrons. The fraction of sp³-hybridized carbons (Fsp3) is 0.440. The van der Waals surface area contributed by atoms with Crippen LogP contribution in [-0.2, 0) is 25.9 Å². The molecule has 1 aliphatic rings. The quantitative estimate of drug-likeness (QED) is 0.378. The van der Waals surface area contributed by atoms with Gasteiger partial charge in [-0.15, -0.1) is 0 Å². The van der Waals surface area contributed by atoms with Crippen LogP contribution in [0.2, 0.25) is 0 Å². The van der Waals surface area contributed by atoms with Crippen molar-refractivity contribution in [2.24, 2.45) is 5.92 Å². The fourth-order valence-electron chi connectivity index (χ4n) is 3.81. The number of cyclic esters (lactones) is 1. The lowest BCUT2D eigenvalue weighted by atomic mass is 10.0. The lowest BCUT2D eigenvalue weighted by Crippen LogP contribution is -2.51. The van der Waals surface area contributed by atoms with Crippen LogP contribution in [-0.4, -0.2) is 74.5 Å². The summed E-state index contributed by atoms with van der Waals surface area (Å²) in [4.78, 5) is 23.6. The van der Waals surface area contributed by atoms with E-state index >= 15 is 0 Å². The summed E-state index contributed by atoms with van der Waals surface area (Å²) in [5, 5.41) is 16.3. The highest BCUT2D eigenvalue weighted by Crippen LogP contribution is 2.19. The largest absolute Gasteiger partial charge is 0.447 e. The van der Waals surface area contributed by atoms with Gasteiger partial charge in [0.2, 0.25) is 10.0 Å². The van der Waals surface area contributed by atoms with Crippen molar-refractivity contribution < 1.29 is 37.0 Å².